The molecular weight excluding hydrogens is 372 g/mol. The molecule has 0 aliphatic rings. The van der Waals surface area contributed by atoms with Crippen LogP contribution in [-0.4, -0.2) is 25.1 Å². The van der Waals surface area contributed by atoms with E-state index in [2.05, 4.69) is 5.32 Å². The Morgan fingerprint density at radius 1 is 1.16 bits per heavy atom. The second-order valence-corrected chi connectivity index (χ2v) is 5.80. The number of para-hydroxylation sites is 1. The largest absolute Gasteiger partial charge is 0.494 e. The van der Waals surface area contributed by atoms with Crippen molar-refractivity contribution >= 4 is 40.8 Å². The Hall–Kier alpha value is -2.31. The predicted octanol–water partition coefficient (Wildman–Crippen LogP) is 4.33. The Labute approximate surface area is 153 Å². The van der Waals surface area contributed by atoms with Crippen molar-refractivity contribution in [1.29, 1.82) is 0 Å². The van der Waals surface area contributed by atoms with Gasteiger partial charge in [0.25, 0.3) is 5.91 Å². The van der Waals surface area contributed by atoms with E-state index in [1.54, 1.807) is 6.07 Å². The Balaban J connectivity index is 2.07. The van der Waals surface area contributed by atoms with Crippen LogP contribution in [0.1, 0.15) is 17.3 Å². The van der Waals surface area contributed by atoms with Crippen LogP contribution in [0.2, 0.25) is 10.0 Å². The molecule has 0 aliphatic heterocycles. The highest BCUT2D eigenvalue weighted by Gasteiger charge is 2.21. The zero-order chi connectivity index (χ0) is 18.6. The molecule has 2 rings (SSSR count). The summed E-state index contributed by atoms with van der Waals surface area (Å²) < 4.78 is 23.6. The molecule has 0 unspecified atom stereocenters. The normalized spacial score (nSPS) is 11.6. The molecule has 1 amide bonds. The first kappa shape index (κ1) is 19.0. The van der Waals surface area contributed by atoms with E-state index in [0.29, 0.717) is 0 Å². The second-order valence-electron chi connectivity index (χ2n) is 4.99. The number of amides is 1. The van der Waals surface area contributed by atoms with Gasteiger partial charge in [0, 0.05) is 0 Å². The van der Waals surface area contributed by atoms with Crippen molar-refractivity contribution in [3.8, 4) is 5.75 Å². The molecule has 2 aromatic carbocycles. The molecule has 0 aliphatic carbocycles. The van der Waals surface area contributed by atoms with Crippen LogP contribution in [0.5, 0.6) is 5.75 Å². The smallest absolute Gasteiger partial charge is 0.339 e. The highest BCUT2D eigenvalue weighted by atomic mass is 35.5. The number of carbonyl (C=O) groups excluding carboxylic acids is 2. The summed E-state index contributed by atoms with van der Waals surface area (Å²) in [6.07, 6.45) is -1.16. The van der Waals surface area contributed by atoms with Crippen molar-refractivity contribution in [2.45, 2.75) is 13.0 Å². The fourth-order valence-electron chi connectivity index (χ4n) is 1.95. The van der Waals surface area contributed by atoms with Gasteiger partial charge in [0.15, 0.2) is 11.9 Å². The lowest BCUT2D eigenvalue weighted by atomic mass is 10.2. The number of hydrogen-bond acceptors (Lipinski definition) is 4. The van der Waals surface area contributed by atoms with Gasteiger partial charge >= 0.3 is 5.97 Å². The van der Waals surface area contributed by atoms with Gasteiger partial charge in [-0.05, 0) is 31.2 Å². The highest BCUT2D eigenvalue weighted by Crippen LogP contribution is 2.34. The third-order valence-electron chi connectivity index (χ3n) is 3.22. The molecule has 0 saturated carbocycles. The Morgan fingerprint density at radius 2 is 1.76 bits per heavy atom. The maximum Gasteiger partial charge on any atom is 0.339 e. The number of carbonyl (C=O) groups is 2. The van der Waals surface area contributed by atoms with E-state index in [0.717, 1.165) is 0 Å². The third-order valence-corrected chi connectivity index (χ3v) is 3.78. The number of anilines is 1. The number of methoxy groups -OCH3 is 1. The number of benzene rings is 2. The van der Waals surface area contributed by atoms with Gasteiger partial charge in [-0.15, -0.1) is 0 Å². The molecule has 0 heterocycles. The zero-order valence-electron chi connectivity index (χ0n) is 13.3. The van der Waals surface area contributed by atoms with Gasteiger partial charge in [-0.2, -0.15) is 0 Å². The predicted molar refractivity (Wildman–Crippen MR) is 92.9 cm³/mol. The van der Waals surface area contributed by atoms with Gasteiger partial charge in [0.05, 0.1) is 28.4 Å². The second kappa shape index (κ2) is 8.18. The van der Waals surface area contributed by atoms with Gasteiger partial charge in [0.2, 0.25) is 0 Å². The maximum atomic E-state index is 13.5. The molecule has 0 bridgehead atoms. The summed E-state index contributed by atoms with van der Waals surface area (Å²) in [6.45, 7) is 1.36. The number of halogens is 3. The van der Waals surface area contributed by atoms with E-state index >= 15 is 0 Å². The fraction of sp³-hybridized carbons (Fsp3) is 0.176. The van der Waals surface area contributed by atoms with Crippen LogP contribution in [0.15, 0.2) is 36.4 Å². The minimum absolute atomic E-state index is 0.00839. The quantitative estimate of drug-likeness (QED) is 0.778. The van der Waals surface area contributed by atoms with E-state index in [4.69, 9.17) is 32.7 Å². The Morgan fingerprint density at radius 3 is 2.32 bits per heavy atom. The molecule has 0 spiro atoms. The minimum Gasteiger partial charge on any atom is -0.494 e. The number of rotatable bonds is 5. The number of nitrogens with one attached hydrogen (secondary N) is 1. The van der Waals surface area contributed by atoms with E-state index in [9.17, 15) is 14.0 Å². The molecule has 2 aromatic rings. The summed E-state index contributed by atoms with van der Waals surface area (Å²) in [5.74, 6) is -1.85. The average molecular weight is 386 g/mol. The van der Waals surface area contributed by atoms with Gasteiger partial charge in [-0.1, -0.05) is 35.3 Å². The molecule has 8 heteroatoms. The van der Waals surface area contributed by atoms with E-state index in [-0.39, 0.29) is 27.0 Å². The van der Waals surface area contributed by atoms with Gasteiger partial charge in [-0.3, -0.25) is 4.79 Å². The summed E-state index contributed by atoms with van der Waals surface area (Å²) in [5.41, 5.74) is 0.0484. The van der Waals surface area contributed by atoms with Crippen molar-refractivity contribution in [2.75, 3.05) is 12.4 Å². The van der Waals surface area contributed by atoms with Crippen LogP contribution in [0.25, 0.3) is 0 Å². The lowest BCUT2D eigenvalue weighted by Gasteiger charge is -2.14. The Kier molecular flexibility index (Phi) is 6.22. The SMILES string of the molecule is COc1c(Cl)cc(C(=O)O[C@@H](C)C(=O)Nc2ccccc2F)cc1Cl. The zero-order valence-corrected chi connectivity index (χ0v) is 14.8. The lowest BCUT2D eigenvalue weighted by molar-refractivity contribution is -0.123. The molecule has 132 valence electrons. The minimum atomic E-state index is -1.16. The van der Waals surface area contributed by atoms with Crippen LogP contribution in [0, 0.1) is 5.82 Å². The molecule has 0 radical (unpaired) electrons. The molecular formula is C17H14Cl2FNO4. The maximum absolute atomic E-state index is 13.5. The summed E-state index contributed by atoms with van der Waals surface area (Å²) in [7, 11) is 1.39. The van der Waals surface area contributed by atoms with Crippen molar-refractivity contribution in [2.24, 2.45) is 0 Å². The van der Waals surface area contributed by atoms with Gasteiger partial charge in [0.1, 0.15) is 5.82 Å². The summed E-state index contributed by atoms with van der Waals surface area (Å²) in [4.78, 5) is 24.2. The van der Waals surface area contributed by atoms with Crippen molar-refractivity contribution in [3.05, 3.63) is 57.8 Å². The van der Waals surface area contributed by atoms with E-state index in [1.807, 2.05) is 0 Å². The summed E-state index contributed by atoms with van der Waals surface area (Å²) in [6, 6.07) is 8.28. The first-order valence-electron chi connectivity index (χ1n) is 7.13. The number of esters is 1. The standard InChI is InChI=1S/C17H14Cl2FNO4/c1-9(16(22)21-14-6-4-3-5-13(14)20)25-17(23)10-7-11(18)15(24-2)12(19)8-10/h3-9H,1-2H3,(H,21,22)/t9-/m0/s1. The number of ether oxygens (including phenoxy) is 2. The van der Waals surface area contributed by atoms with E-state index < -0.39 is 23.8 Å². The topological polar surface area (TPSA) is 64.6 Å². The molecule has 0 aromatic heterocycles. The van der Waals surface area contributed by atoms with Crippen LogP contribution < -0.4 is 10.1 Å². The first-order valence-corrected chi connectivity index (χ1v) is 7.88. The summed E-state index contributed by atoms with van der Waals surface area (Å²) >= 11 is 11.9. The number of hydrogen-bond donors (Lipinski definition) is 1. The first-order chi connectivity index (χ1) is 11.8. The van der Waals surface area contributed by atoms with Gasteiger partial charge < -0.3 is 14.8 Å². The molecule has 0 saturated heterocycles. The van der Waals surface area contributed by atoms with Crippen LogP contribution in [0.4, 0.5) is 10.1 Å². The molecule has 5 nitrogen and oxygen atoms in total. The van der Waals surface area contributed by atoms with Crippen molar-refractivity contribution < 1.29 is 23.5 Å². The average Bonchev–Trinajstić information content (AvgIpc) is 2.56. The third kappa shape index (κ3) is 4.61. The van der Waals surface area contributed by atoms with Crippen LogP contribution >= 0.6 is 23.2 Å². The van der Waals surface area contributed by atoms with Crippen molar-refractivity contribution in [1.82, 2.24) is 0 Å². The van der Waals surface area contributed by atoms with E-state index in [1.165, 1.54) is 44.4 Å². The monoisotopic (exact) mass is 385 g/mol. The highest BCUT2D eigenvalue weighted by molar-refractivity contribution is 6.37. The molecule has 1 atom stereocenters. The molecule has 0 fully saturated rings. The van der Waals surface area contributed by atoms with Crippen LogP contribution in [-0.2, 0) is 9.53 Å². The molecule has 1 N–H and O–H groups in total. The lowest BCUT2D eigenvalue weighted by Crippen LogP contribution is -2.30. The summed E-state index contributed by atoms with van der Waals surface area (Å²) in [5, 5.41) is 2.60. The fourth-order valence-corrected chi connectivity index (χ4v) is 2.59. The van der Waals surface area contributed by atoms with Crippen LogP contribution in [0.3, 0.4) is 0 Å². The van der Waals surface area contributed by atoms with Crippen molar-refractivity contribution in [3.63, 3.8) is 0 Å². The van der Waals surface area contributed by atoms with Gasteiger partial charge in [-0.25, -0.2) is 9.18 Å². The molecule has 25 heavy (non-hydrogen) atoms. The Bertz CT molecular complexity index is 790.